The van der Waals surface area contributed by atoms with E-state index in [9.17, 15) is 28.7 Å². The van der Waals surface area contributed by atoms with Crippen molar-refractivity contribution in [3.8, 4) is 34.4 Å². The normalized spacial score (nSPS) is 15.0. The van der Waals surface area contributed by atoms with Gasteiger partial charge in [0.1, 0.15) is 57.7 Å². The van der Waals surface area contributed by atoms with Gasteiger partial charge in [0.15, 0.2) is 18.0 Å². The van der Waals surface area contributed by atoms with Crippen LogP contribution in [0.15, 0.2) is 183 Å². The van der Waals surface area contributed by atoms with Gasteiger partial charge in [-0.3, -0.25) is 30.4 Å². The van der Waals surface area contributed by atoms with Crippen molar-refractivity contribution in [2.75, 3.05) is 22.6 Å². The Hall–Kier alpha value is -11.8. The molecule has 3 amide bonds. The first kappa shape index (κ1) is 107. The summed E-state index contributed by atoms with van der Waals surface area (Å²) >= 11 is 22.2. The smallest absolute Gasteiger partial charge is 0.408 e. The zero-order valence-corrected chi connectivity index (χ0v) is 81.3. The fourth-order valence-corrected chi connectivity index (χ4v) is 16.3. The molecule has 2 unspecified atom stereocenters. The van der Waals surface area contributed by atoms with E-state index in [1.807, 2.05) is 146 Å². The predicted molar refractivity (Wildman–Crippen MR) is 526 cm³/mol. The van der Waals surface area contributed by atoms with E-state index in [1.54, 1.807) is 95.2 Å². The number of carboxylic acids is 1. The Morgan fingerprint density at radius 3 is 1.51 bits per heavy atom. The van der Waals surface area contributed by atoms with E-state index in [2.05, 4.69) is 82.4 Å². The number of nitrogens with one attached hydrogen (secondary N) is 10. The molecule has 4 aliphatic carbocycles. The molecule has 15 rings (SSSR count). The number of H-pyrrole nitrogens is 3. The van der Waals surface area contributed by atoms with E-state index in [4.69, 9.17) is 92.6 Å². The Labute approximate surface area is 810 Å². The molecule has 0 spiro atoms. The second kappa shape index (κ2) is 56.6. The van der Waals surface area contributed by atoms with Crippen LogP contribution in [0.4, 0.5) is 31.7 Å². The maximum absolute atomic E-state index is 13.6. The Kier molecular flexibility index (Phi) is 44.8. The first-order valence-corrected chi connectivity index (χ1v) is 48.1. The average molecular weight is 1940 g/mol. The Balaban J connectivity index is 0.000000188. The average Bonchev–Trinajstić information content (AvgIpc) is 1.81. The van der Waals surface area contributed by atoms with Crippen LogP contribution in [0.25, 0.3) is 34.4 Å². The molecule has 4 atom stereocenters. The molecule has 6 aromatic heterocycles. The van der Waals surface area contributed by atoms with Crippen LogP contribution in [-0.2, 0) is 36.9 Å². The van der Waals surface area contributed by atoms with Crippen molar-refractivity contribution < 1.29 is 47.6 Å². The lowest BCUT2D eigenvalue weighted by Gasteiger charge is -2.27. The Morgan fingerprint density at radius 2 is 1.05 bits per heavy atom. The molecule has 4 saturated carbocycles. The van der Waals surface area contributed by atoms with Crippen LogP contribution in [-0.4, -0.2) is 140 Å². The molecule has 0 aliphatic heterocycles. The Bertz CT molecular complexity index is 5280. The van der Waals surface area contributed by atoms with Crippen LogP contribution in [0.3, 0.4) is 0 Å². The van der Waals surface area contributed by atoms with E-state index in [1.165, 1.54) is 96.0 Å². The van der Waals surface area contributed by atoms with Gasteiger partial charge in [-0.1, -0.05) is 265 Å². The van der Waals surface area contributed by atoms with Gasteiger partial charge >= 0.3 is 24.1 Å². The molecule has 5 aromatic carbocycles. The second-order valence-electron chi connectivity index (χ2n) is 35.6. The number of nitrogens with zero attached hydrogens (tertiary/aromatic N) is 12. The highest BCUT2D eigenvalue weighted by atomic mass is 35.5. The number of hydrogen-bond acceptors (Lipinski definition) is 23. The van der Waals surface area contributed by atoms with Gasteiger partial charge in [0.05, 0.1) is 24.8 Å². The number of hydrogen-bond donors (Lipinski definition) is 13. The summed E-state index contributed by atoms with van der Waals surface area (Å²) in [6, 6.07) is 46.1. The lowest BCUT2D eigenvalue weighted by atomic mass is 9.84. The Morgan fingerprint density at radius 1 is 0.585 bits per heavy atom. The number of alkyl halides is 2. The highest BCUT2D eigenvalue weighted by Crippen LogP contribution is 2.36. The number of aromatic amines is 3. The molecular weight excluding hydrogens is 1800 g/mol. The molecule has 15 N–H and O–H groups in total. The molecule has 11 aromatic rings. The van der Waals surface area contributed by atoms with Gasteiger partial charge in [-0.25, -0.2) is 40.3 Å². The summed E-state index contributed by atoms with van der Waals surface area (Å²) in [5.41, 5.74) is 12.0. The number of nitrogens with two attached hydrogens (primary N) is 2. The summed E-state index contributed by atoms with van der Waals surface area (Å²) in [6.45, 7) is 15.7. The maximum atomic E-state index is 13.6. The second-order valence-corrected chi connectivity index (χ2v) is 38.0. The largest absolute Gasteiger partial charge is 0.480 e. The number of carboxylic acid groups (broad SMARTS) is 1. The third-order valence-corrected chi connectivity index (χ3v) is 22.7. The number of benzene rings is 5. The van der Waals surface area contributed by atoms with E-state index in [0.717, 1.165) is 103 Å². The van der Waals surface area contributed by atoms with Gasteiger partial charge < -0.3 is 51.6 Å². The molecule has 4 fully saturated rings. The van der Waals surface area contributed by atoms with E-state index < -0.39 is 47.4 Å². The number of ether oxygens (including phenoxy) is 3. The summed E-state index contributed by atoms with van der Waals surface area (Å²) < 4.78 is 32.2. The van der Waals surface area contributed by atoms with Gasteiger partial charge in [0.25, 0.3) is 11.7 Å². The summed E-state index contributed by atoms with van der Waals surface area (Å²) in [4.78, 5) is 81.2. The van der Waals surface area contributed by atoms with Crippen molar-refractivity contribution in [1.29, 1.82) is 5.41 Å². The number of aliphatic carboxylic acids is 1. The summed E-state index contributed by atoms with van der Waals surface area (Å²) in [6.07, 6.45) is 34.4. The molecule has 37 heteroatoms. The highest BCUT2D eigenvalue weighted by molar-refractivity contribution is 6.43. The first-order valence-electron chi connectivity index (χ1n) is 46.4. The SMILES string of the molecule is CC(C)(C)OC(=O)NC(CC1CCCCC1)C(=O)NN.CC(C)(C)OC(=O)NC(CC1CCCCC1)C(=O)O.CC(Cl)Cl.CCOC(=N)c1ccccc1.Clc1cccc(CNc2nc(N[C@H](CC3CCCCC3)c3nc(-c4ccccc4)n[nH]3)cc(-[n+]3cnc[nH]3)n2)c1.Fc1cc(-n2ccnc2)nc(NCc2cccc(Cl)c2)n1.N[C@H](CC1CCCCC1)c1nc(-c2ccccc2)n[nH]1. The number of carbonyl (C=O) groups excluding carboxylic acids is 3. The van der Waals surface area contributed by atoms with Gasteiger partial charge in [0.2, 0.25) is 24.1 Å². The molecule has 0 saturated heterocycles. The fraction of sp³-hybridized carbons (Fsp3) is 0.469. The number of imidazole rings is 1. The van der Waals surface area contributed by atoms with Crippen molar-refractivity contribution >= 4 is 94.1 Å². The monoisotopic (exact) mass is 1930 g/mol. The van der Waals surface area contributed by atoms with Gasteiger partial charge in [-0.15, -0.1) is 27.9 Å². The fourth-order valence-electron chi connectivity index (χ4n) is 15.9. The number of hydrazine groups is 1. The van der Waals surface area contributed by atoms with Crippen molar-refractivity contribution in [2.24, 2.45) is 35.2 Å². The predicted octanol–water partition coefficient (Wildman–Crippen LogP) is 20.8. The first-order chi connectivity index (χ1) is 64.9. The number of rotatable bonds is 28. The van der Waals surface area contributed by atoms with Crippen LogP contribution in [0.5, 0.6) is 0 Å². The molecule has 6 heterocycles. The molecule has 0 radical (unpaired) electrons. The van der Waals surface area contributed by atoms with Crippen molar-refractivity contribution in [3.05, 3.63) is 227 Å². The van der Waals surface area contributed by atoms with Crippen molar-refractivity contribution in [2.45, 2.75) is 263 Å². The van der Waals surface area contributed by atoms with Crippen molar-refractivity contribution in [1.82, 2.24) is 86.0 Å². The third kappa shape index (κ3) is 40.4. The summed E-state index contributed by atoms with van der Waals surface area (Å²) in [5, 5.41) is 51.1. The van der Waals surface area contributed by atoms with Gasteiger partial charge in [0, 0.05) is 58.3 Å². The molecule has 135 heavy (non-hydrogen) atoms. The number of amides is 3. The summed E-state index contributed by atoms with van der Waals surface area (Å²) in [5.74, 6) is 11.2. The topological polar surface area (TPSA) is 449 Å². The minimum Gasteiger partial charge on any atom is -0.480 e. The lowest BCUT2D eigenvalue weighted by molar-refractivity contribution is -0.660. The lowest BCUT2D eigenvalue weighted by Crippen LogP contribution is -2.50. The van der Waals surface area contributed by atoms with Crippen LogP contribution >= 0.6 is 46.4 Å². The van der Waals surface area contributed by atoms with Crippen LogP contribution in [0, 0.1) is 35.0 Å². The quantitative estimate of drug-likeness (QED) is 0.00316. The molecule has 32 nitrogen and oxygen atoms in total. The van der Waals surface area contributed by atoms with Crippen LogP contribution in [0.2, 0.25) is 10.0 Å². The van der Waals surface area contributed by atoms with Gasteiger partial charge in [-0.05, 0) is 152 Å². The molecular formula is C98H132Cl4FN24O8+. The maximum Gasteiger partial charge on any atom is 0.408 e. The standard InChI is InChI=1S/C29H31ClN10.C16H22N4.C14H11ClFN5.C14H27N3O3.C14H25NO4.C9H11NO.C2H4Cl2/c30-23-13-7-10-21(14-23)17-32-29-35-25(16-26(36-29)40-19-31-18-33-40)34-24(15-20-8-3-1-4-9-20)28-37-27(38-39-28)22-11-5-2-6-12-22;17-14(11-12-7-3-1-4-8-12)16-18-15(19-20-16)13-9-5-2-6-10-13;15-11-3-1-2-10(6-11)8-18-14-19-12(16)7-13(20-14)21-5-4-17-9-21;1-14(2,3)20-13(19)16-11(12(18)17-15)9-10-7-5-4-6-8-10;1-14(2,3)19-13(18)15-11(12(16)17)9-10-7-5-4-6-8-10;1-2-11-9(10)8-6-4-3-5-7-8;1-2(3)4/h2,5-7,10-14,16,18-20,24H,1,3-4,8-9,15,17H2,(H3,32,34,35,36,37,38,39);2,5-6,9-10,12,14H,1,3-4,7-8,11,17H2,(H,18,19,20);1-7,9H,8H2,(H,18,19,20);10-11H,4-9,15H2,1-3H3,(H,16,19)(H,17,18);10-11H,4-9H2,1-3H3,(H,15,18)(H,16,17);3-7,10H,2H2,1H3;2H,1H3/p+1/t24-;14-;;;;;/m11...../s1. The highest BCUT2D eigenvalue weighted by Gasteiger charge is 2.32. The number of alkyl carbamates (subject to hydrolysis) is 2. The van der Waals surface area contributed by atoms with E-state index in [0.29, 0.717) is 89.6 Å². The summed E-state index contributed by atoms with van der Waals surface area (Å²) in [7, 11) is 0. The zero-order valence-electron chi connectivity index (χ0n) is 78.3. The van der Waals surface area contributed by atoms with Gasteiger partial charge in [-0.2, -0.15) is 29.5 Å². The van der Waals surface area contributed by atoms with Crippen LogP contribution in [0.1, 0.15) is 250 Å². The third-order valence-electron chi connectivity index (χ3n) is 22.3. The van der Waals surface area contributed by atoms with E-state index in [-0.39, 0.29) is 34.7 Å². The number of carbonyl (C=O) groups is 4. The number of aromatic nitrogens is 15. The van der Waals surface area contributed by atoms with E-state index >= 15 is 0 Å². The molecule has 4 aliphatic rings. The minimum absolute atomic E-state index is 0.0249. The number of halogens is 5. The van der Waals surface area contributed by atoms with Crippen molar-refractivity contribution in [3.63, 3.8) is 0 Å². The molecule has 0 bridgehead atoms. The number of anilines is 3. The van der Waals surface area contributed by atoms with Crippen LogP contribution < -0.4 is 48.3 Å². The molecule has 726 valence electrons. The minimum atomic E-state index is -0.989. The zero-order chi connectivity index (χ0) is 96.9.